The number of carbonyl (C=O) groups excluding carboxylic acids is 1. The van der Waals surface area contributed by atoms with E-state index in [1.54, 1.807) is 23.6 Å². The Morgan fingerprint density at radius 2 is 2.09 bits per heavy atom. The number of furan rings is 1. The molecule has 1 aromatic carbocycles. The van der Waals surface area contributed by atoms with Gasteiger partial charge in [0.05, 0.1) is 5.69 Å². The van der Waals surface area contributed by atoms with Gasteiger partial charge in [-0.05, 0) is 30.2 Å². The lowest BCUT2D eigenvalue weighted by molar-refractivity contribution is -0.109. The van der Waals surface area contributed by atoms with Crippen molar-refractivity contribution < 1.29 is 13.6 Å². The number of carbonyl (C=O) groups is 1. The monoisotopic (exact) mass is 320 g/mol. The molecule has 2 aromatic rings. The van der Waals surface area contributed by atoms with Crippen LogP contribution in [0.5, 0.6) is 0 Å². The fourth-order valence-corrected chi connectivity index (χ4v) is 1.99. The summed E-state index contributed by atoms with van der Waals surface area (Å²) >= 11 is 0. The van der Waals surface area contributed by atoms with E-state index < -0.39 is 0 Å². The lowest BCUT2D eigenvalue weighted by atomic mass is 10.0. The van der Waals surface area contributed by atoms with Crippen LogP contribution in [0.1, 0.15) is 23.8 Å². The second-order valence-corrected chi connectivity index (χ2v) is 4.60. The van der Waals surface area contributed by atoms with Gasteiger partial charge < -0.3 is 9.43 Å². The van der Waals surface area contributed by atoms with Crippen LogP contribution < -0.4 is 22.1 Å². The van der Waals surface area contributed by atoms with Crippen LogP contribution in [0.2, 0.25) is 0 Å². The summed E-state index contributed by atoms with van der Waals surface area (Å²) in [5.74, 6) is 10.3. The predicted molar refractivity (Wildman–Crippen MR) is 89.4 cm³/mol. The molecule has 0 aliphatic rings. The zero-order valence-electron chi connectivity index (χ0n) is 13.1. The molecule has 1 aromatic heterocycles. The zero-order valence-corrected chi connectivity index (χ0v) is 13.1. The Kier molecular flexibility index (Phi) is 7.52. The quantitative estimate of drug-likeness (QED) is 0.339. The highest BCUT2D eigenvalue weighted by atomic mass is 19.1. The van der Waals surface area contributed by atoms with Gasteiger partial charge in [0.2, 0.25) is 6.41 Å². The lowest BCUT2D eigenvalue weighted by Gasteiger charge is -2.17. The third-order valence-corrected chi connectivity index (χ3v) is 3.00. The average Bonchev–Trinajstić information content (AvgIpc) is 2.98. The molecule has 0 unspecified atom stereocenters. The van der Waals surface area contributed by atoms with E-state index in [9.17, 15) is 4.39 Å². The number of anilines is 1. The Bertz CT molecular complexity index is 653. The number of amides is 1. The van der Waals surface area contributed by atoms with Crippen LogP contribution in [-0.4, -0.2) is 13.5 Å². The third kappa shape index (κ3) is 5.57. The minimum atomic E-state index is -0.375. The van der Waals surface area contributed by atoms with E-state index in [0.717, 1.165) is 23.9 Å². The summed E-state index contributed by atoms with van der Waals surface area (Å²) in [5, 5.41) is 1.57. The molecular formula is C16H21FN4O2. The van der Waals surface area contributed by atoms with Crippen molar-refractivity contribution in [2.24, 2.45) is 11.7 Å². The molecule has 0 saturated heterocycles. The van der Waals surface area contributed by atoms with Crippen molar-refractivity contribution in [2.75, 3.05) is 12.1 Å². The molecule has 0 atom stereocenters. The number of rotatable bonds is 5. The maximum Gasteiger partial charge on any atom is 0.221 e. The van der Waals surface area contributed by atoms with Gasteiger partial charge in [0.1, 0.15) is 12.0 Å². The van der Waals surface area contributed by atoms with Crippen LogP contribution in [0.3, 0.4) is 0 Å². The summed E-state index contributed by atoms with van der Waals surface area (Å²) < 4.78 is 17.9. The highest BCUT2D eigenvalue weighted by molar-refractivity contribution is 5.77. The van der Waals surface area contributed by atoms with E-state index in [0.29, 0.717) is 12.2 Å². The molecule has 7 heteroatoms. The second-order valence-electron chi connectivity index (χ2n) is 4.60. The molecule has 1 amide bonds. The molecule has 0 spiro atoms. The van der Waals surface area contributed by atoms with Gasteiger partial charge in [-0.3, -0.25) is 10.2 Å². The van der Waals surface area contributed by atoms with Crippen molar-refractivity contribution >= 4 is 24.2 Å². The van der Waals surface area contributed by atoms with Crippen LogP contribution in [0, 0.1) is 5.82 Å². The Hall–Kier alpha value is -2.64. The van der Waals surface area contributed by atoms with E-state index in [4.69, 9.17) is 15.1 Å². The summed E-state index contributed by atoms with van der Waals surface area (Å²) in [7, 11) is 1.79. The first-order valence-corrected chi connectivity index (χ1v) is 6.95. The number of benzene rings is 1. The fraction of sp³-hybridized carbons (Fsp3) is 0.188. The SMILES string of the molecule is CCc1cccc(N(C)N)c1/C=C/c1cc(F)co1.NNC=O. The van der Waals surface area contributed by atoms with Crippen LogP contribution in [0.15, 0.2) is 34.9 Å². The van der Waals surface area contributed by atoms with Crippen molar-refractivity contribution in [1.29, 1.82) is 0 Å². The fourth-order valence-electron chi connectivity index (χ4n) is 1.99. The van der Waals surface area contributed by atoms with Crippen LogP contribution in [0.25, 0.3) is 12.2 Å². The molecule has 23 heavy (non-hydrogen) atoms. The van der Waals surface area contributed by atoms with Crippen molar-refractivity contribution in [3.8, 4) is 0 Å². The number of nitrogens with zero attached hydrogens (tertiary/aromatic N) is 1. The Balaban J connectivity index is 0.000000593. The smallest absolute Gasteiger partial charge is 0.221 e. The molecule has 5 N–H and O–H groups in total. The minimum Gasteiger partial charge on any atom is -0.462 e. The van der Waals surface area contributed by atoms with Gasteiger partial charge in [0.15, 0.2) is 5.82 Å². The average molecular weight is 320 g/mol. The van der Waals surface area contributed by atoms with Gasteiger partial charge in [0, 0.05) is 18.7 Å². The first-order valence-electron chi connectivity index (χ1n) is 6.95. The summed E-state index contributed by atoms with van der Waals surface area (Å²) in [6.07, 6.45) is 6.02. The molecule has 1 heterocycles. The third-order valence-electron chi connectivity index (χ3n) is 3.00. The first kappa shape index (κ1) is 18.4. The van der Waals surface area contributed by atoms with Crippen molar-refractivity contribution in [3.63, 3.8) is 0 Å². The molecule has 0 bridgehead atoms. The zero-order chi connectivity index (χ0) is 17.2. The number of hydrogen-bond donors (Lipinski definition) is 3. The van der Waals surface area contributed by atoms with E-state index in [1.165, 1.54) is 11.6 Å². The second kappa shape index (κ2) is 9.39. The predicted octanol–water partition coefficient (Wildman–Crippen LogP) is 2.07. The molecule has 0 aliphatic heterocycles. The standard InChI is InChI=1S/C15H17FN2O.CH4N2O/c1-3-11-5-4-6-15(18(2)17)14(11)8-7-13-9-12(16)10-19-13;2-3-1-4/h4-10H,3,17H2,1-2H3;1H,2H2,(H,3,4)/b8-7+;. The van der Waals surface area contributed by atoms with Crippen molar-refractivity contribution in [1.82, 2.24) is 5.43 Å². The van der Waals surface area contributed by atoms with E-state index in [2.05, 4.69) is 18.8 Å². The largest absolute Gasteiger partial charge is 0.462 e. The Labute approximate surface area is 134 Å². The molecule has 6 nitrogen and oxygen atoms in total. The molecule has 2 rings (SSSR count). The molecular weight excluding hydrogens is 299 g/mol. The number of halogens is 1. The Morgan fingerprint density at radius 3 is 2.57 bits per heavy atom. The first-order chi connectivity index (χ1) is 11.0. The summed E-state index contributed by atoms with van der Waals surface area (Å²) in [6.45, 7) is 2.08. The number of nitrogens with two attached hydrogens (primary N) is 2. The number of hydrogen-bond acceptors (Lipinski definition) is 5. The highest BCUT2D eigenvalue weighted by Gasteiger charge is 2.07. The minimum absolute atomic E-state index is 0.375. The maximum absolute atomic E-state index is 12.9. The van der Waals surface area contributed by atoms with Gasteiger partial charge in [-0.25, -0.2) is 16.1 Å². The number of nitrogens with one attached hydrogen (secondary N) is 1. The van der Waals surface area contributed by atoms with Crippen LogP contribution in [0.4, 0.5) is 10.1 Å². The number of aryl methyl sites for hydroxylation is 1. The Morgan fingerprint density at radius 1 is 1.39 bits per heavy atom. The van der Waals surface area contributed by atoms with Gasteiger partial charge in [0.25, 0.3) is 0 Å². The van der Waals surface area contributed by atoms with Crippen molar-refractivity contribution in [2.45, 2.75) is 13.3 Å². The highest BCUT2D eigenvalue weighted by Crippen LogP contribution is 2.25. The molecule has 0 radical (unpaired) electrons. The van der Waals surface area contributed by atoms with E-state index in [-0.39, 0.29) is 5.82 Å². The molecule has 0 saturated carbocycles. The van der Waals surface area contributed by atoms with Gasteiger partial charge in [-0.2, -0.15) is 0 Å². The topological polar surface area (TPSA) is 97.5 Å². The summed E-state index contributed by atoms with van der Waals surface area (Å²) in [5.41, 5.74) is 4.87. The molecule has 0 fully saturated rings. The van der Waals surface area contributed by atoms with E-state index >= 15 is 0 Å². The van der Waals surface area contributed by atoms with Gasteiger partial charge >= 0.3 is 0 Å². The van der Waals surface area contributed by atoms with Crippen molar-refractivity contribution in [3.05, 3.63) is 53.2 Å². The van der Waals surface area contributed by atoms with E-state index in [1.807, 2.05) is 18.2 Å². The molecule has 124 valence electrons. The lowest BCUT2D eigenvalue weighted by Crippen LogP contribution is -2.26. The van der Waals surface area contributed by atoms with Gasteiger partial charge in [-0.15, -0.1) is 0 Å². The molecule has 0 aliphatic carbocycles. The van der Waals surface area contributed by atoms with Crippen LogP contribution >= 0.6 is 0 Å². The summed E-state index contributed by atoms with van der Waals surface area (Å²) in [6, 6.07) is 7.31. The normalized spacial score (nSPS) is 10.1. The van der Waals surface area contributed by atoms with Gasteiger partial charge in [-0.1, -0.05) is 19.1 Å². The van der Waals surface area contributed by atoms with Crippen LogP contribution in [-0.2, 0) is 11.2 Å². The summed E-state index contributed by atoms with van der Waals surface area (Å²) in [4.78, 5) is 8.94. The maximum atomic E-state index is 12.9. The number of hydrazine groups is 2.